The molecule has 8 aromatic rings. The lowest BCUT2D eigenvalue weighted by molar-refractivity contribution is 1.18. The second-order valence-electron chi connectivity index (χ2n) is 11.8. The minimum Gasteiger partial charge on any atom is -0.309 e. The minimum atomic E-state index is 1.02. The van der Waals surface area contributed by atoms with E-state index in [2.05, 4.69) is 168 Å². The summed E-state index contributed by atoms with van der Waals surface area (Å²) < 4.78 is 2.41. The highest BCUT2D eigenvalue weighted by atomic mass is 15.0. The topological polar surface area (TPSA) is 4.93 Å². The smallest absolute Gasteiger partial charge is 0.0541 e. The predicted octanol–water partition coefficient (Wildman–Crippen LogP) is 11.4. The first-order valence-corrected chi connectivity index (χ1v) is 15.3. The molecule has 0 spiro atoms. The van der Waals surface area contributed by atoms with Crippen LogP contribution in [-0.4, -0.2) is 4.57 Å². The first-order chi connectivity index (χ1) is 21.8. The maximum absolute atomic E-state index is 2.41. The largest absolute Gasteiger partial charge is 0.309 e. The Morgan fingerprint density at radius 3 is 1.45 bits per heavy atom. The van der Waals surface area contributed by atoms with Crippen molar-refractivity contribution in [2.75, 3.05) is 0 Å². The van der Waals surface area contributed by atoms with Crippen molar-refractivity contribution in [1.82, 2.24) is 4.57 Å². The molecule has 0 unspecified atom stereocenters. The lowest BCUT2D eigenvalue weighted by atomic mass is 9.98. The number of aromatic nitrogens is 1. The molecule has 9 rings (SSSR count). The number of benzene rings is 7. The molecular formula is C43H29N. The fraction of sp³-hybridized carbons (Fsp3) is 0.0233. The molecule has 1 heterocycles. The third kappa shape index (κ3) is 4.01. The molecule has 7 aromatic carbocycles. The first kappa shape index (κ1) is 24.9. The van der Waals surface area contributed by atoms with Crippen molar-refractivity contribution in [3.63, 3.8) is 0 Å². The molecule has 206 valence electrons. The molecule has 44 heavy (non-hydrogen) atoms. The average molecular weight is 560 g/mol. The summed E-state index contributed by atoms with van der Waals surface area (Å²) in [4.78, 5) is 0. The second-order valence-corrected chi connectivity index (χ2v) is 11.8. The maximum Gasteiger partial charge on any atom is 0.0541 e. The van der Waals surface area contributed by atoms with Gasteiger partial charge in [-0.3, -0.25) is 0 Å². The zero-order chi connectivity index (χ0) is 29.0. The van der Waals surface area contributed by atoms with Gasteiger partial charge in [0.1, 0.15) is 0 Å². The average Bonchev–Trinajstić information content (AvgIpc) is 3.64. The highest BCUT2D eigenvalue weighted by Crippen LogP contribution is 2.40. The zero-order valence-electron chi connectivity index (χ0n) is 24.2. The summed E-state index contributed by atoms with van der Waals surface area (Å²) in [7, 11) is 0. The summed E-state index contributed by atoms with van der Waals surface area (Å²) >= 11 is 0. The summed E-state index contributed by atoms with van der Waals surface area (Å²) in [6.45, 7) is 0. The molecule has 1 heteroatoms. The van der Waals surface area contributed by atoms with Crippen LogP contribution in [0.3, 0.4) is 0 Å². The Kier molecular flexibility index (Phi) is 5.64. The Bertz CT molecular complexity index is 2230. The summed E-state index contributed by atoms with van der Waals surface area (Å²) in [6, 6.07) is 59.9. The van der Waals surface area contributed by atoms with Gasteiger partial charge < -0.3 is 4.57 Å². The van der Waals surface area contributed by atoms with Gasteiger partial charge in [-0.2, -0.15) is 0 Å². The van der Waals surface area contributed by atoms with Gasteiger partial charge in [0.15, 0.2) is 0 Å². The molecule has 0 fully saturated rings. The van der Waals surface area contributed by atoms with Gasteiger partial charge in [0.25, 0.3) is 0 Å². The molecule has 0 amide bonds. The van der Waals surface area contributed by atoms with E-state index < -0.39 is 0 Å². The monoisotopic (exact) mass is 559 g/mol. The van der Waals surface area contributed by atoms with Crippen LogP contribution in [0.2, 0.25) is 0 Å². The van der Waals surface area contributed by atoms with Crippen molar-refractivity contribution >= 4 is 21.8 Å². The SMILES string of the molecule is c1ccc(-c2ccc3c(c2)c2cc(-c4ccccc4)ccc2n3-c2ccc(-c3ccc4c(c3)-c3ccccc3C4)cc2)cc1. The van der Waals surface area contributed by atoms with Crippen LogP contribution >= 0.6 is 0 Å². The van der Waals surface area contributed by atoms with E-state index in [4.69, 9.17) is 0 Å². The van der Waals surface area contributed by atoms with Crippen molar-refractivity contribution in [2.45, 2.75) is 6.42 Å². The number of hydrogen-bond acceptors (Lipinski definition) is 0. The molecule has 0 saturated carbocycles. The van der Waals surface area contributed by atoms with E-state index in [-0.39, 0.29) is 0 Å². The third-order valence-corrected chi connectivity index (χ3v) is 9.24. The van der Waals surface area contributed by atoms with Crippen LogP contribution in [0.4, 0.5) is 0 Å². The summed E-state index contributed by atoms with van der Waals surface area (Å²) in [5, 5.41) is 2.53. The lowest BCUT2D eigenvalue weighted by Gasteiger charge is -2.11. The standard InChI is InChI=1S/C43H29N/c1-3-9-29(10-4-1)33-19-23-42-40(27-33)41-28-34(30-11-5-2-6-12-30)20-24-43(41)44(42)37-21-17-31(18-22-37)32-15-16-36-25-35-13-7-8-14-38(35)39(36)26-32/h1-24,26-28H,25H2. The van der Waals surface area contributed by atoms with Crippen LogP contribution in [0.15, 0.2) is 164 Å². The summed E-state index contributed by atoms with van der Waals surface area (Å²) in [5.74, 6) is 0. The Morgan fingerprint density at radius 2 is 0.818 bits per heavy atom. The number of hydrogen-bond donors (Lipinski definition) is 0. The molecule has 1 aliphatic rings. The highest BCUT2D eigenvalue weighted by molar-refractivity contribution is 6.11. The molecule has 0 radical (unpaired) electrons. The van der Waals surface area contributed by atoms with E-state index >= 15 is 0 Å². The van der Waals surface area contributed by atoms with Crippen LogP contribution < -0.4 is 0 Å². The van der Waals surface area contributed by atoms with Gasteiger partial charge in [0.05, 0.1) is 11.0 Å². The van der Waals surface area contributed by atoms with Gasteiger partial charge in [-0.25, -0.2) is 0 Å². The third-order valence-electron chi connectivity index (χ3n) is 9.24. The number of nitrogens with zero attached hydrogens (tertiary/aromatic N) is 1. The van der Waals surface area contributed by atoms with Crippen molar-refractivity contribution in [1.29, 1.82) is 0 Å². The zero-order valence-corrected chi connectivity index (χ0v) is 24.2. The maximum atomic E-state index is 2.41. The van der Waals surface area contributed by atoms with Crippen LogP contribution in [0.5, 0.6) is 0 Å². The van der Waals surface area contributed by atoms with Gasteiger partial charge in [-0.1, -0.05) is 121 Å². The number of fused-ring (bicyclic) bond motifs is 6. The van der Waals surface area contributed by atoms with E-state index in [1.807, 2.05) is 0 Å². The Labute approximate surface area is 257 Å². The van der Waals surface area contributed by atoms with E-state index in [0.717, 1.165) is 6.42 Å². The fourth-order valence-corrected chi connectivity index (χ4v) is 7.03. The quantitative estimate of drug-likeness (QED) is 0.202. The van der Waals surface area contributed by atoms with Crippen LogP contribution in [0, 0.1) is 0 Å². The van der Waals surface area contributed by atoms with Gasteiger partial charge in [0, 0.05) is 16.5 Å². The van der Waals surface area contributed by atoms with Gasteiger partial charge in [-0.05, 0) is 105 Å². The molecule has 1 aromatic heterocycles. The van der Waals surface area contributed by atoms with Crippen molar-refractivity contribution < 1.29 is 0 Å². The Balaban J connectivity index is 1.18. The Hall–Kier alpha value is -5.66. The Morgan fingerprint density at radius 1 is 0.341 bits per heavy atom. The molecule has 0 atom stereocenters. The predicted molar refractivity (Wildman–Crippen MR) is 185 cm³/mol. The van der Waals surface area contributed by atoms with E-state index in [1.165, 1.54) is 83.1 Å². The summed E-state index contributed by atoms with van der Waals surface area (Å²) in [6.07, 6.45) is 1.02. The molecule has 0 bridgehead atoms. The fourth-order valence-electron chi connectivity index (χ4n) is 7.03. The van der Waals surface area contributed by atoms with E-state index in [9.17, 15) is 0 Å². The van der Waals surface area contributed by atoms with E-state index in [1.54, 1.807) is 0 Å². The van der Waals surface area contributed by atoms with Crippen LogP contribution in [0.25, 0.3) is 72.0 Å². The molecule has 1 aliphatic carbocycles. The molecule has 0 saturated heterocycles. The molecule has 0 N–H and O–H groups in total. The van der Waals surface area contributed by atoms with E-state index in [0.29, 0.717) is 0 Å². The van der Waals surface area contributed by atoms with Crippen molar-refractivity contribution in [3.8, 4) is 50.2 Å². The summed E-state index contributed by atoms with van der Waals surface area (Å²) in [5.41, 5.74) is 16.6. The lowest BCUT2D eigenvalue weighted by Crippen LogP contribution is -1.94. The van der Waals surface area contributed by atoms with Crippen molar-refractivity contribution in [2.24, 2.45) is 0 Å². The first-order valence-electron chi connectivity index (χ1n) is 15.3. The molecule has 1 nitrogen and oxygen atoms in total. The van der Waals surface area contributed by atoms with Crippen LogP contribution in [-0.2, 0) is 6.42 Å². The number of rotatable bonds is 4. The molecule has 0 aliphatic heterocycles. The van der Waals surface area contributed by atoms with Crippen molar-refractivity contribution in [3.05, 3.63) is 175 Å². The minimum absolute atomic E-state index is 1.02. The normalized spacial score (nSPS) is 12.0. The van der Waals surface area contributed by atoms with Crippen LogP contribution in [0.1, 0.15) is 11.1 Å². The van der Waals surface area contributed by atoms with Gasteiger partial charge in [-0.15, -0.1) is 0 Å². The van der Waals surface area contributed by atoms with Gasteiger partial charge >= 0.3 is 0 Å². The van der Waals surface area contributed by atoms with Gasteiger partial charge in [0.2, 0.25) is 0 Å². The molecular weight excluding hydrogens is 530 g/mol. The highest BCUT2D eigenvalue weighted by Gasteiger charge is 2.19. The second kappa shape index (κ2) is 9.97.